The quantitative estimate of drug-likeness (QED) is 0.745. The van der Waals surface area contributed by atoms with Gasteiger partial charge < -0.3 is 9.73 Å². The van der Waals surface area contributed by atoms with Gasteiger partial charge in [0, 0.05) is 30.1 Å². The van der Waals surface area contributed by atoms with E-state index in [0.717, 1.165) is 37.5 Å². The molecule has 0 aliphatic rings. The fraction of sp³-hybridized carbons (Fsp3) is 0.444. The highest BCUT2D eigenvalue weighted by Gasteiger charge is 2.16. The Morgan fingerprint density at radius 2 is 2.10 bits per heavy atom. The van der Waals surface area contributed by atoms with Crippen molar-refractivity contribution in [2.24, 2.45) is 0 Å². The third-order valence-electron chi connectivity index (χ3n) is 3.67. The van der Waals surface area contributed by atoms with Gasteiger partial charge in [-0.05, 0) is 12.6 Å². The standard InChI is InChI=1S/C18H26N2O/c1-5-11-20(6-2)13-16-15-9-7-8-10-17(15)21-18(16)12-19-14(3)4/h5,7-10,14,19H,1,6,11-13H2,2-4H3. The molecule has 1 aromatic heterocycles. The van der Waals surface area contributed by atoms with Gasteiger partial charge in [0.1, 0.15) is 11.3 Å². The van der Waals surface area contributed by atoms with E-state index < -0.39 is 0 Å². The van der Waals surface area contributed by atoms with Crippen molar-refractivity contribution in [3.63, 3.8) is 0 Å². The maximum atomic E-state index is 6.06. The number of nitrogens with zero attached hydrogens (tertiary/aromatic N) is 1. The second-order valence-corrected chi connectivity index (χ2v) is 5.65. The summed E-state index contributed by atoms with van der Waals surface area (Å²) in [4.78, 5) is 2.36. The first-order valence-corrected chi connectivity index (χ1v) is 7.71. The summed E-state index contributed by atoms with van der Waals surface area (Å²) in [5.41, 5.74) is 2.27. The van der Waals surface area contributed by atoms with Gasteiger partial charge in [0.25, 0.3) is 0 Å². The van der Waals surface area contributed by atoms with Crippen LogP contribution in [0.5, 0.6) is 0 Å². The lowest BCUT2D eigenvalue weighted by molar-refractivity contribution is 0.308. The number of likely N-dealkylation sites (N-methyl/N-ethyl adjacent to an activating group) is 1. The lowest BCUT2D eigenvalue weighted by atomic mass is 10.1. The number of fused-ring (bicyclic) bond motifs is 1. The van der Waals surface area contributed by atoms with E-state index in [4.69, 9.17) is 4.42 Å². The SMILES string of the molecule is C=CCN(CC)Cc1c(CNC(C)C)oc2ccccc12. The first-order chi connectivity index (χ1) is 10.2. The Morgan fingerprint density at radius 3 is 2.76 bits per heavy atom. The van der Waals surface area contributed by atoms with Crippen LogP contribution in [0.4, 0.5) is 0 Å². The average molecular weight is 286 g/mol. The molecule has 0 unspecified atom stereocenters. The van der Waals surface area contributed by atoms with Crippen LogP contribution in [-0.2, 0) is 13.1 Å². The molecule has 0 saturated heterocycles. The van der Waals surface area contributed by atoms with Gasteiger partial charge in [0.2, 0.25) is 0 Å². The van der Waals surface area contributed by atoms with Crippen LogP contribution >= 0.6 is 0 Å². The maximum Gasteiger partial charge on any atom is 0.134 e. The van der Waals surface area contributed by atoms with Crippen LogP contribution in [0.15, 0.2) is 41.3 Å². The molecular formula is C18H26N2O. The third kappa shape index (κ3) is 3.96. The number of nitrogens with one attached hydrogen (secondary N) is 1. The molecule has 0 saturated carbocycles. The first-order valence-electron chi connectivity index (χ1n) is 7.71. The van der Waals surface area contributed by atoms with Crippen molar-refractivity contribution in [3.8, 4) is 0 Å². The van der Waals surface area contributed by atoms with Crippen molar-refractivity contribution in [3.05, 3.63) is 48.2 Å². The average Bonchev–Trinajstić information content (AvgIpc) is 2.82. The van der Waals surface area contributed by atoms with E-state index in [1.165, 1.54) is 10.9 Å². The largest absolute Gasteiger partial charge is 0.459 e. The van der Waals surface area contributed by atoms with Gasteiger partial charge in [0.05, 0.1) is 6.54 Å². The van der Waals surface area contributed by atoms with Crippen LogP contribution < -0.4 is 5.32 Å². The van der Waals surface area contributed by atoms with Gasteiger partial charge in [-0.3, -0.25) is 4.90 Å². The summed E-state index contributed by atoms with van der Waals surface area (Å²) >= 11 is 0. The van der Waals surface area contributed by atoms with Gasteiger partial charge in [-0.15, -0.1) is 6.58 Å². The van der Waals surface area contributed by atoms with Gasteiger partial charge in [-0.1, -0.05) is 45.0 Å². The minimum absolute atomic E-state index is 0.446. The highest BCUT2D eigenvalue weighted by Crippen LogP contribution is 2.27. The molecule has 0 bridgehead atoms. The molecule has 2 rings (SSSR count). The number of para-hydroxylation sites is 1. The summed E-state index contributed by atoms with van der Waals surface area (Å²) in [5.74, 6) is 1.05. The van der Waals surface area contributed by atoms with Gasteiger partial charge in [-0.25, -0.2) is 0 Å². The molecule has 3 heteroatoms. The lowest BCUT2D eigenvalue weighted by Gasteiger charge is -2.18. The number of hydrogen-bond acceptors (Lipinski definition) is 3. The molecule has 0 amide bonds. The molecule has 1 N–H and O–H groups in total. The van der Waals surface area contributed by atoms with E-state index in [2.05, 4.69) is 49.7 Å². The molecule has 0 aliphatic heterocycles. The normalized spacial score (nSPS) is 11.7. The molecule has 3 nitrogen and oxygen atoms in total. The molecule has 114 valence electrons. The third-order valence-corrected chi connectivity index (χ3v) is 3.67. The minimum atomic E-state index is 0.446. The van der Waals surface area contributed by atoms with Gasteiger partial charge in [-0.2, -0.15) is 0 Å². The summed E-state index contributed by atoms with van der Waals surface area (Å²) in [6, 6.07) is 8.74. The number of benzene rings is 1. The van der Waals surface area contributed by atoms with E-state index in [1.807, 2.05) is 18.2 Å². The Balaban J connectivity index is 2.32. The van der Waals surface area contributed by atoms with Crippen molar-refractivity contribution < 1.29 is 4.42 Å². The lowest BCUT2D eigenvalue weighted by Crippen LogP contribution is -2.25. The Hall–Kier alpha value is -1.58. The number of hydrogen-bond donors (Lipinski definition) is 1. The molecule has 1 heterocycles. The Labute approximate surface area is 127 Å². The molecule has 21 heavy (non-hydrogen) atoms. The van der Waals surface area contributed by atoms with E-state index >= 15 is 0 Å². The Morgan fingerprint density at radius 1 is 1.33 bits per heavy atom. The van der Waals surface area contributed by atoms with Crippen LogP contribution in [-0.4, -0.2) is 24.0 Å². The van der Waals surface area contributed by atoms with Gasteiger partial charge >= 0.3 is 0 Å². The predicted octanol–water partition coefficient (Wildman–Crippen LogP) is 3.94. The van der Waals surface area contributed by atoms with Crippen LogP contribution in [0.3, 0.4) is 0 Å². The zero-order valence-corrected chi connectivity index (χ0v) is 13.4. The maximum absolute atomic E-state index is 6.06. The van der Waals surface area contributed by atoms with Crippen molar-refractivity contribution in [1.82, 2.24) is 10.2 Å². The van der Waals surface area contributed by atoms with Crippen LogP contribution in [0, 0.1) is 0 Å². The second kappa shape index (κ2) is 7.43. The summed E-state index contributed by atoms with van der Waals surface area (Å²) in [5, 5.41) is 4.68. The van der Waals surface area contributed by atoms with Crippen molar-refractivity contribution in [2.45, 2.75) is 39.9 Å². The monoisotopic (exact) mass is 286 g/mol. The van der Waals surface area contributed by atoms with E-state index in [9.17, 15) is 0 Å². The molecule has 0 fully saturated rings. The van der Waals surface area contributed by atoms with E-state index in [1.54, 1.807) is 0 Å². The fourth-order valence-corrected chi connectivity index (χ4v) is 2.47. The van der Waals surface area contributed by atoms with Crippen molar-refractivity contribution in [1.29, 1.82) is 0 Å². The van der Waals surface area contributed by atoms with Crippen molar-refractivity contribution in [2.75, 3.05) is 13.1 Å². The van der Waals surface area contributed by atoms with Crippen molar-refractivity contribution >= 4 is 11.0 Å². The van der Waals surface area contributed by atoms with Gasteiger partial charge in [0.15, 0.2) is 0 Å². The topological polar surface area (TPSA) is 28.4 Å². The summed E-state index contributed by atoms with van der Waals surface area (Å²) in [7, 11) is 0. The molecule has 0 aliphatic carbocycles. The summed E-state index contributed by atoms with van der Waals surface area (Å²) < 4.78 is 6.06. The fourth-order valence-electron chi connectivity index (χ4n) is 2.47. The molecule has 1 aromatic carbocycles. The second-order valence-electron chi connectivity index (χ2n) is 5.65. The van der Waals surface area contributed by atoms with Crippen LogP contribution in [0.1, 0.15) is 32.1 Å². The van der Waals surface area contributed by atoms with Crippen LogP contribution in [0.2, 0.25) is 0 Å². The number of rotatable bonds is 8. The zero-order valence-electron chi connectivity index (χ0n) is 13.4. The molecular weight excluding hydrogens is 260 g/mol. The molecule has 0 spiro atoms. The predicted molar refractivity (Wildman–Crippen MR) is 89.3 cm³/mol. The Bertz CT molecular complexity index is 586. The van der Waals surface area contributed by atoms with E-state index in [0.29, 0.717) is 6.04 Å². The first kappa shape index (κ1) is 15.8. The smallest absolute Gasteiger partial charge is 0.134 e. The summed E-state index contributed by atoms with van der Waals surface area (Å²) in [6.45, 7) is 13.9. The highest BCUT2D eigenvalue weighted by molar-refractivity contribution is 5.82. The Kier molecular flexibility index (Phi) is 5.59. The molecule has 2 aromatic rings. The van der Waals surface area contributed by atoms with E-state index in [-0.39, 0.29) is 0 Å². The molecule has 0 radical (unpaired) electrons. The zero-order chi connectivity index (χ0) is 15.2. The minimum Gasteiger partial charge on any atom is -0.459 e. The highest BCUT2D eigenvalue weighted by atomic mass is 16.3. The molecule has 0 atom stereocenters. The summed E-state index contributed by atoms with van der Waals surface area (Å²) in [6.07, 6.45) is 1.96. The van der Waals surface area contributed by atoms with Crippen LogP contribution in [0.25, 0.3) is 11.0 Å². The number of furan rings is 1.